The van der Waals surface area contributed by atoms with Crippen molar-refractivity contribution in [2.45, 2.75) is 24.3 Å². The molecule has 7 heteroatoms. The summed E-state index contributed by atoms with van der Waals surface area (Å²) in [5, 5.41) is 12.1. The summed E-state index contributed by atoms with van der Waals surface area (Å²) in [7, 11) is 0. The van der Waals surface area contributed by atoms with E-state index in [1.807, 2.05) is 68.4 Å². The van der Waals surface area contributed by atoms with Crippen LogP contribution in [0, 0.1) is 0 Å². The maximum absolute atomic E-state index is 12.6. The van der Waals surface area contributed by atoms with Crippen molar-refractivity contribution in [2.24, 2.45) is 0 Å². The number of Topliss-reactive ketones (excluding diaryl/α,β-unsaturated/α-hetero) is 1. The van der Waals surface area contributed by atoms with E-state index < -0.39 is 0 Å². The molecule has 1 heterocycles. The van der Waals surface area contributed by atoms with E-state index in [9.17, 15) is 4.79 Å². The molecule has 0 aliphatic carbocycles. The van der Waals surface area contributed by atoms with Crippen LogP contribution in [-0.4, -0.2) is 37.8 Å². The second-order valence-corrected chi connectivity index (χ2v) is 6.57. The van der Waals surface area contributed by atoms with Crippen LogP contribution in [0.3, 0.4) is 0 Å². The molecule has 0 amide bonds. The number of aromatic nitrogens is 4. The molecule has 3 rings (SSSR count). The molecular weight excluding hydrogens is 336 g/mol. The van der Waals surface area contributed by atoms with Crippen molar-refractivity contribution in [3.05, 3.63) is 60.2 Å². The van der Waals surface area contributed by atoms with E-state index in [-0.39, 0.29) is 11.0 Å². The zero-order valence-electron chi connectivity index (χ0n) is 14.0. The zero-order chi connectivity index (χ0) is 17.6. The molecule has 0 saturated heterocycles. The number of nitrogens with zero attached hydrogens (tertiary/aromatic N) is 4. The maximum Gasteiger partial charge on any atom is 0.214 e. The van der Waals surface area contributed by atoms with Crippen molar-refractivity contribution in [1.82, 2.24) is 20.2 Å². The molecule has 0 spiro atoms. The smallest absolute Gasteiger partial charge is 0.214 e. The van der Waals surface area contributed by atoms with Crippen molar-refractivity contribution in [3.8, 4) is 11.4 Å². The molecule has 0 aliphatic heterocycles. The Kier molecular flexibility index (Phi) is 5.45. The highest BCUT2D eigenvalue weighted by molar-refractivity contribution is 8.00. The average Bonchev–Trinajstić information content (AvgIpc) is 3.10. The number of benzene rings is 2. The Labute approximate surface area is 150 Å². The number of ketones is 1. The molecule has 6 nitrogen and oxygen atoms in total. The van der Waals surface area contributed by atoms with E-state index in [4.69, 9.17) is 4.74 Å². The van der Waals surface area contributed by atoms with Gasteiger partial charge in [0.2, 0.25) is 5.16 Å². The molecule has 1 aromatic heterocycles. The van der Waals surface area contributed by atoms with Gasteiger partial charge in [-0.15, -0.1) is 5.10 Å². The lowest BCUT2D eigenvalue weighted by Gasteiger charge is -2.12. The molecule has 0 fully saturated rings. The third-order valence-corrected chi connectivity index (χ3v) is 4.58. The molecule has 2 aromatic carbocycles. The Balaban J connectivity index is 1.84. The van der Waals surface area contributed by atoms with Crippen LogP contribution in [0.15, 0.2) is 59.8 Å². The minimum Gasteiger partial charge on any atom is -0.492 e. The standard InChI is InChI=1S/C18H18N4O2S/c1-3-24-16-12-8-7-11-15(16)22-18(19-20-21-22)25-13(2)17(23)14-9-5-4-6-10-14/h4-13H,3H2,1-2H3. The van der Waals surface area contributed by atoms with Gasteiger partial charge < -0.3 is 4.74 Å². The maximum atomic E-state index is 12.6. The average molecular weight is 354 g/mol. The van der Waals surface area contributed by atoms with Crippen LogP contribution in [0.25, 0.3) is 5.69 Å². The van der Waals surface area contributed by atoms with E-state index in [0.717, 1.165) is 5.69 Å². The van der Waals surface area contributed by atoms with Crippen molar-refractivity contribution in [2.75, 3.05) is 6.61 Å². The van der Waals surface area contributed by atoms with Crippen LogP contribution in [0.4, 0.5) is 0 Å². The molecule has 25 heavy (non-hydrogen) atoms. The fourth-order valence-corrected chi connectivity index (χ4v) is 3.24. The number of hydrogen-bond donors (Lipinski definition) is 0. The van der Waals surface area contributed by atoms with Gasteiger partial charge in [0.1, 0.15) is 11.4 Å². The van der Waals surface area contributed by atoms with Gasteiger partial charge in [-0.3, -0.25) is 4.79 Å². The molecule has 3 aromatic rings. The highest BCUT2D eigenvalue weighted by Gasteiger charge is 2.21. The quantitative estimate of drug-likeness (QED) is 0.478. The Hall–Kier alpha value is -2.67. The molecule has 1 atom stereocenters. The van der Waals surface area contributed by atoms with Gasteiger partial charge in [-0.2, -0.15) is 4.68 Å². The number of carbonyl (C=O) groups is 1. The first-order chi connectivity index (χ1) is 12.2. The first kappa shape index (κ1) is 17.2. The van der Waals surface area contributed by atoms with Crippen LogP contribution >= 0.6 is 11.8 Å². The lowest BCUT2D eigenvalue weighted by molar-refractivity contribution is 0.0994. The summed E-state index contributed by atoms with van der Waals surface area (Å²) in [6.07, 6.45) is 0. The van der Waals surface area contributed by atoms with Gasteiger partial charge in [0, 0.05) is 5.56 Å². The number of para-hydroxylation sites is 2. The van der Waals surface area contributed by atoms with Crippen LogP contribution < -0.4 is 4.74 Å². The molecular formula is C18H18N4O2S. The molecule has 0 bridgehead atoms. The van der Waals surface area contributed by atoms with Gasteiger partial charge in [-0.25, -0.2) is 0 Å². The number of ether oxygens (including phenoxy) is 1. The Morgan fingerprint density at radius 2 is 1.88 bits per heavy atom. The lowest BCUT2D eigenvalue weighted by Crippen LogP contribution is -2.14. The minimum atomic E-state index is -0.314. The monoisotopic (exact) mass is 354 g/mol. The number of tetrazole rings is 1. The third-order valence-electron chi connectivity index (χ3n) is 3.54. The summed E-state index contributed by atoms with van der Waals surface area (Å²) in [6.45, 7) is 4.32. The Morgan fingerprint density at radius 1 is 1.16 bits per heavy atom. The van der Waals surface area contributed by atoms with Crippen LogP contribution in [0.1, 0.15) is 24.2 Å². The molecule has 0 saturated carbocycles. The molecule has 128 valence electrons. The van der Waals surface area contributed by atoms with Crippen molar-refractivity contribution < 1.29 is 9.53 Å². The fourth-order valence-electron chi connectivity index (χ4n) is 2.36. The summed E-state index contributed by atoms with van der Waals surface area (Å²) in [4.78, 5) is 12.6. The Morgan fingerprint density at radius 3 is 2.64 bits per heavy atom. The number of thioether (sulfide) groups is 1. The molecule has 0 radical (unpaired) electrons. The van der Waals surface area contributed by atoms with Crippen molar-refractivity contribution in [1.29, 1.82) is 0 Å². The van der Waals surface area contributed by atoms with Crippen molar-refractivity contribution in [3.63, 3.8) is 0 Å². The fraction of sp³-hybridized carbons (Fsp3) is 0.222. The summed E-state index contributed by atoms with van der Waals surface area (Å²) < 4.78 is 7.25. The minimum absolute atomic E-state index is 0.0400. The van der Waals surface area contributed by atoms with Crippen molar-refractivity contribution >= 4 is 17.5 Å². The lowest BCUT2D eigenvalue weighted by atomic mass is 10.1. The summed E-state index contributed by atoms with van der Waals surface area (Å²) in [5.74, 6) is 0.736. The predicted octanol–water partition coefficient (Wildman–Crippen LogP) is 3.42. The summed E-state index contributed by atoms with van der Waals surface area (Å²) in [6, 6.07) is 16.8. The SMILES string of the molecule is CCOc1ccccc1-n1nnnc1SC(C)C(=O)c1ccccc1. The molecule has 1 unspecified atom stereocenters. The van der Waals surface area contributed by atoms with Crippen LogP contribution in [-0.2, 0) is 0 Å². The Bertz CT molecular complexity index is 851. The number of rotatable bonds is 7. The molecule has 0 N–H and O–H groups in total. The van der Waals surface area contributed by atoms with E-state index in [1.165, 1.54) is 11.8 Å². The molecule has 0 aliphatic rings. The first-order valence-corrected chi connectivity index (χ1v) is 8.85. The summed E-state index contributed by atoms with van der Waals surface area (Å²) in [5.41, 5.74) is 1.42. The van der Waals surface area contributed by atoms with Gasteiger partial charge >= 0.3 is 0 Å². The van der Waals surface area contributed by atoms with E-state index in [0.29, 0.717) is 23.1 Å². The van der Waals surface area contributed by atoms with Crippen LogP contribution in [0.2, 0.25) is 0 Å². The van der Waals surface area contributed by atoms with E-state index >= 15 is 0 Å². The van der Waals surface area contributed by atoms with Gasteiger partial charge in [0.25, 0.3) is 0 Å². The third kappa shape index (κ3) is 3.88. The second kappa shape index (κ2) is 7.94. The van der Waals surface area contributed by atoms with Crippen LogP contribution in [0.5, 0.6) is 5.75 Å². The predicted molar refractivity (Wildman–Crippen MR) is 96.4 cm³/mol. The largest absolute Gasteiger partial charge is 0.492 e. The van der Waals surface area contributed by atoms with Gasteiger partial charge in [-0.05, 0) is 36.4 Å². The number of hydrogen-bond acceptors (Lipinski definition) is 6. The summed E-state index contributed by atoms with van der Waals surface area (Å²) >= 11 is 1.32. The number of carbonyl (C=O) groups excluding carboxylic acids is 1. The van der Waals surface area contributed by atoms with Gasteiger partial charge in [-0.1, -0.05) is 54.2 Å². The normalized spacial score (nSPS) is 11.9. The van der Waals surface area contributed by atoms with E-state index in [1.54, 1.807) is 4.68 Å². The highest BCUT2D eigenvalue weighted by atomic mass is 32.2. The first-order valence-electron chi connectivity index (χ1n) is 7.97. The zero-order valence-corrected chi connectivity index (χ0v) is 14.8. The van der Waals surface area contributed by atoms with E-state index in [2.05, 4.69) is 15.5 Å². The van der Waals surface area contributed by atoms with Gasteiger partial charge in [0.15, 0.2) is 5.78 Å². The highest BCUT2D eigenvalue weighted by Crippen LogP contribution is 2.29. The van der Waals surface area contributed by atoms with Gasteiger partial charge in [0.05, 0.1) is 11.9 Å². The second-order valence-electron chi connectivity index (χ2n) is 5.26. The topological polar surface area (TPSA) is 69.9 Å².